The Balaban J connectivity index is 1.52. The van der Waals surface area contributed by atoms with Crippen LogP contribution in [0, 0.1) is 11.8 Å². The molecule has 1 fully saturated rings. The van der Waals surface area contributed by atoms with Gasteiger partial charge in [0, 0.05) is 6.54 Å². The van der Waals surface area contributed by atoms with Gasteiger partial charge in [-0.15, -0.1) is 5.84 Å². The predicted octanol–water partition coefficient (Wildman–Crippen LogP) is 2.37. The van der Waals surface area contributed by atoms with Gasteiger partial charge in [0.1, 0.15) is 11.8 Å². The normalized spacial score (nSPS) is 25.6. The second-order valence-corrected chi connectivity index (χ2v) is 7.98. The number of ether oxygens (including phenoxy) is 1. The fourth-order valence-electron chi connectivity index (χ4n) is 3.17. The molecule has 3 aliphatic heterocycles. The van der Waals surface area contributed by atoms with Crippen LogP contribution in [0.2, 0.25) is 0 Å². The zero-order valence-electron chi connectivity index (χ0n) is 16.6. The van der Waals surface area contributed by atoms with E-state index in [1.54, 1.807) is 35.7 Å². The van der Waals surface area contributed by atoms with Crippen LogP contribution in [0.15, 0.2) is 49.8 Å². The minimum atomic E-state index is -0.542. The fourth-order valence-corrected chi connectivity index (χ4v) is 3.17. The molecule has 1 saturated heterocycles. The molecule has 150 valence electrons. The van der Waals surface area contributed by atoms with E-state index >= 15 is 0 Å². The van der Waals surface area contributed by atoms with Crippen molar-refractivity contribution in [3.05, 3.63) is 36.1 Å². The van der Waals surface area contributed by atoms with Crippen LogP contribution in [-0.2, 0) is 4.74 Å². The highest BCUT2D eigenvalue weighted by molar-refractivity contribution is 6.31. The lowest BCUT2D eigenvalue weighted by Gasteiger charge is -2.26. The number of nitrogens with two attached hydrogens (primary N) is 1. The molecule has 4 heterocycles. The summed E-state index contributed by atoms with van der Waals surface area (Å²) in [4.78, 5) is 22.8. The van der Waals surface area contributed by atoms with Gasteiger partial charge in [-0.2, -0.15) is 4.99 Å². The summed E-state index contributed by atoms with van der Waals surface area (Å²) < 4.78 is 10.4. The smallest absolute Gasteiger partial charge is 0.411 e. The monoisotopic (exact) mass is 395 g/mol. The number of amides is 1. The van der Waals surface area contributed by atoms with Crippen LogP contribution in [0.3, 0.4) is 0 Å². The number of likely N-dealkylation sites (tertiary alicyclic amines) is 1. The Kier molecular flexibility index (Phi) is 4.61. The summed E-state index contributed by atoms with van der Waals surface area (Å²) in [6.07, 6.45) is 6.04. The quantitative estimate of drug-likeness (QED) is 0.448. The van der Waals surface area contributed by atoms with E-state index in [4.69, 9.17) is 15.0 Å². The third-order valence-electron chi connectivity index (χ3n) is 4.48. The largest absolute Gasteiger partial charge is 0.461 e. The Morgan fingerprint density at radius 3 is 3.00 bits per heavy atom. The summed E-state index contributed by atoms with van der Waals surface area (Å²) in [7, 11) is 0. The number of hydrogen-bond donors (Lipinski definition) is 1. The van der Waals surface area contributed by atoms with Gasteiger partial charge in [-0.25, -0.2) is 9.79 Å². The minimum absolute atomic E-state index is 0.219. The first kappa shape index (κ1) is 19.1. The average molecular weight is 395 g/mol. The van der Waals surface area contributed by atoms with E-state index in [2.05, 4.69) is 26.9 Å². The number of fused-ring (bicyclic) bond motifs is 1. The summed E-state index contributed by atoms with van der Waals surface area (Å²) in [5.74, 6) is 13.9. The molecule has 29 heavy (non-hydrogen) atoms. The first-order valence-corrected chi connectivity index (χ1v) is 9.42. The number of rotatable bonds is 1. The van der Waals surface area contributed by atoms with E-state index in [1.165, 1.54) is 0 Å². The Morgan fingerprint density at radius 2 is 2.28 bits per heavy atom. The SMILES string of the molecule is CC(C)(C)OC(=O)N1CCC[C@@H]1C#CC1=C[N+]2(N)N=C(c3ccco3)N=C2C=N1. The second-order valence-electron chi connectivity index (χ2n) is 7.98. The number of amidine groups is 2. The van der Waals surface area contributed by atoms with Gasteiger partial charge < -0.3 is 9.15 Å². The zero-order chi connectivity index (χ0) is 20.6. The molecular formula is C20H23N6O3+. The molecule has 0 radical (unpaired) electrons. The van der Waals surface area contributed by atoms with Gasteiger partial charge >= 0.3 is 6.09 Å². The third kappa shape index (κ3) is 3.99. The van der Waals surface area contributed by atoms with Gasteiger partial charge in [-0.3, -0.25) is 4.90 Å². The number of allylic oxidation sites excluding steroid dienone is 1. The van der Waals surface area contributed by atoms with Crippen molar-refractivity contribution in [3.8, 4) is 11.8 Å². The van der Waals surface area contributed by atoms with Crippen molar-refractivity contribution in [2.24, 2.45) is 20.9 Å². The molecule has 0 spiro atoms. The fraction of sp³-hybridized carbons (Fsp3) is 0.400. The number of quaternary nitrogens is 1. The summed E-state index contributed by atoms with van der Waals surface area (Å²) in [5, 5.41) is 4.41. The van der Waals surface area contributed by atoms with Gasteiger partial charge in [-0.1, -0.05) is 5.92 Å². The predicted molar refractivity (Wildman–Crippen MR) is 107 cm³/mol. The molecule has 1 aromatic rings. The second kappa shape index (κ2) is 6.99. The number of hydrogen-bond acceptors (Lipinski definition) is 7. The van der Waals surface area contributed by atoms with E-state index in [0.717, 1.165) is 12.8 Å². The number of carbonyl (C=O) groups excluding carboxylic acids is 1. The van der Waals surface area contributed by atoms with Crippen LogP contribution in [-0.4, -0.2) is 51.8 Å². The van der Waals surface area contributed by atoms with E-state index < -0.39 is 5.60 Å². The molecule has 9 nitrogen and oxygen atoms in total. The van der Waals surface area contributed by atoms with Gasteiger partial charge in [-0.05, 0) is 61.5 Å². The minimum Gasteiger partial charge on any atom is -0.461 e. The van der Waals surface area contributed by atoms with Gasteiger partial charge in [0.15, 0.2) is 17.7 Å². The van der Waals surface area contributed by atoms with E-state index in [0.29, 0.717) is 29.7 Å². The van der Waals surface area contributed by atoms with Crippen molar-refractivity contribution in [1.29, 1.82) is 0 Å². The Labute approximate surface area is 168 Å². The van der Waals surface area contributed by atoms with E-state index in [-0.39, 0.29) is 16.8 Å². The van der Waals surface area contributed by atoms with E-state index in [9.17, 15) is 4.79 Å². The third-order valence-corrected chi connectivity index (χ3v) is 4.48. The number of furan rings is 1. The summed E-state index contributed by atoms with van der Waals surface area (Å²) in [6, 6.07) is 3.30. The maximum absolute atomic E-state index is 12.4. The van der Waals surface area contributed by atoms with Crippen molar-refractivity contribution < 1.29 is 18.6 Å². The van der Waals surface area contributed by atoms with Gasteiger partial charge in [0.05, 0.1) is 12.3 Å². The van der Waals surface area contributed by atoms with Gasteiger partial charge in [0.25, 0.3) is 11.7 Å². The van der Waals surface area contributed by atoms with Crippen LogP contribution in [0.25, 0.3) is 0 Å². The molecule has 0 saturated carbocycles. The topological polar surface area (TPSA) is 106 Å². The first-order valence-electron chi connectivity index (χ1n) is 9.42. The summed E-state index contributed by atoms with van der Waals surface area (Å²) >= 11 is 0. The van der Waals surface area contributed by atoms with Crippen molar-refractivity contribution in [1.82, 2.24) is 4.90 Å². The molecule has 1 amide bonds. The highest BCUT2D eigenvalue weighted by atomic mass is 16.6. The molecule has 3 aliphatic rings. The molecule has 0 aliphatic carbocycles. The number of carbonyl (C=O) groups is 1. The zero-order valence-corrected chi connectivity index (χ0v) is 16.6. The molecule has 2 atom stereocenters. The van der Waals surface area contributed by atoms with Crippen molar-refractivity contribution in [2.75, 3.05) is 6.54 Å². The molecule has 0 aromatic carbocycles. The molecule has 4 rings (SSSR count). The van der Waals surface area contributed by atoms with Crippen LogP contribution in [0.4, 0.5) is 4.79 Å². The molecule has 0 bridgehead atoms. The highest BCUT2D eigenvalue weighted by Crippen LogP contribution is 2.23. The van der Waals surface area contributed by atoms with Crippen LogP contribution >= 0.6 is 0 Å². The number of nitrogens with zero attached hydrogens (tertiary/aromatic N) is 5. The van der Waals surface area contributed by atoms with Gasteiger partial charge in [0.2, 0.25) is 0 Å². The maximum Gasteiger partial charge on any atom is 0.411 e. The molecule has 1 aromatic heterocycles. The van der Waals surface area contributed by atoms with Crippen LogP contribution < -0.4 is 5.84 Å². The number of aliphatic imine (C=N–C) groups is 2. The lowest BCUT2D eigenvalue weighted by molar-refractivity contribution is -0.803. The standard InChI is InChI=1S/C20H23N6O3/c1-20(2,3)29-19(27)25-10-4-6-15(25)9-8-14-13-26(21)17(12-22-14)23-18(24-26)16-7-5-11-28-16/h5,7,11-13,15H,4,6,10,21H2,1-3H3/q+1/t15-,26?/m1/s1. The molecule has 1 unspecified atom stereocenters. The molecule has 2 N–H and O–H groups in total. The van der Waals surface area contributed by atoms with E-state index in [1.807, 2.05) is 20.8 Å². The average Bonchev–Trinajstić information content (AvgIpc) is 3.36. The van der Waals surface area contributed by atoms with Crippen LogP contribution in [0.5, 0.6) is 0 Å². The highest BCUT2D eigenvalue weighted by Gasteiger charge is 2.40. The lowest BCUT2D eigenvalue weighted by Crippen LogP contribution is -2.50. The first-order chi connectivity index (χ1) is 13.7. The van der Waals surface area contributed by atoms with Crippen molar-refractivity contribution in [3.63, 3.8) is 0 Å². The maximum atomic E-state index is 12.4. The Bertz CT molecular complexity index is 1000. The summed E-state index contributed by atoms with van der Waals surface area (Å²) in [5.41, 5.74) is -0.0777. The Hall–Kier alpha value is -3.22. The lowest BCUT2D eigenvalue weighted by atomic mass is 10.2. The summed E-state index contributed by atoms with van der Waals surface area (Å²) in [6.45, 7) is 6.17. The van der Waals surface area contributed by atoms with Crippen molar-refractivity contribution >= 4 is 24.0 Å². The Morgan fingerprint density at radius 1 is 1.45 bits per heavy atom. The molecular weight excluding hydrogens is 372 g/mol. The van der Waals surface area contributed by atoms with Crippen molar-refractivity contribution in [2.45, 2.75) is 45.3 Å². The van der Waals surface area contributed by atoms with Crippen LogP contribution in [0.1, 0.15) is 39.4 Å². The molecule has 9 heteroatoms.